The fourth-order valence-corrected chi connectivity index (χ4v) is 1.88. The molecule has 0 aromatic heterocycles. The largest absolute Gasteiger partial charge is 0.317 e. The molecule has 84 valence electrons. The summed E-state index contributed by atoms with van der Waals surface area (Å²) in [6.45, 7) is 2.18. The number of hydrogen-bond donors (Lipinski definition) is 1. The smallest absolute Gasteiger partial charge is 0.0439 e. The van der Waals surface area contributed by atoms with Gasteiger partial charge in [-0.1, -0.05) is 23.2 Å². The van der Waals surface area contributed by atoms with Crippen LogP contribution < -0.4 is 5.32 Å². The molecule has 0 bridgehead atoms. The van der Waals surface area contributed by atoms with Crippen molar-refractivity contribution in [3.63, 3.8) is 0 Å². The number of nitrogens with one attached hydrogen (secondary N) is 1. The van der Waals surface area contributed by atoms with Gasteiger partial charge in [-0.3, -0.25) is 0 Å². The predicted octanol–water partition coefficient (Wildman–Crippen LogP) is 3.92. The summed E-state index contributed by atoms with van der Waals surface area (Å²) < 4.78 is 0. The second kappa shape index (κ2) is 6.37. The topological polar surface area (TPSA) is 12.0 Å². The van der Waals surface area contributed by atoms with E-state index in [0.29, 0.717) is 6.04 Å². The zero-order chi connectivity index (χ0) is 11.3. The van der Waals surface area contributed by atoms with Crippen molar-refractivity contribution in [2.75, 3.05) is 7.05 Å². The van der Waals surface area contributed by atoms with Crippen molar-refractivity contribution in [1.29, 1.82) is 0 Å². The summed E-state index contributed by atoms with van der Waals surface area (Å²) in [5, 5.41) is 4.79. The summed E-state index contributed by atoms with van der Waals surface area (Å²) in [5.41, 5.74) is 1.15. The third-order valence-electron chi connectivity index (χ3n) is 2.58. The maximum Gasteiger partial charge on any atom is 0.0439 e. The lowest BCUT2D eigenvalue weighted by Crippen LogP contribution is -2.20. The van der Waals surface area contributed by atoms with Gasteiger partial charge in [-0.2, -0.15) is 0 Å². The molecule has 0 aliphatic rings. The SMILES string of the molecule is CNC(C)CCCc1cc(Cl)ccc1Cl. The average molecular weight is 246 g/mol. The summed E-state index contributed by atoms with van der Waals surface area (Å²) in [6.07, 6.45) is 3.27. The minimum absolute atomic E-state index is 0.558. The molecule has 0 fully saturated rings. The first-order chi connectivity index (χ1) is 7.13. The van der Waals surface area contributed by atoms with Gasteiger partial charge in [-0.15, -0.1) is 0 Å². The van der Waals surface area contributed by atoms with E-state index in [9.17, 15) is 0 Å². The van der Waals surface area contributed by atoms with Crippen LogP contribution in [0, 0.1) is 0 Å². The van der Waals surface area contributed by atoms with Crippen LogP contribution in [-0.4, -0.2) is 13.1 Å². The quantitative estimate of drug-likeness (QED) is 0.830. The highest BCUT2D eigenvalue weighted by molar-refractivity contribution is 6.33. The van der Waals surface area contributed by atoms with E-state index in [-0.39, 0.29) is 0 Å². The standard InChI is InChI=1S/C12H17Cl2N/c1-9(15-2)4-3-5-10-8-11(13)6-7-12(10)14/h6-9,15H,3-5H2,1-2H3. The highest BCUT2D eigenvalue weighted by Crippen LogP contribution is 2.22. The van der Waals surface area contributed by atoms with Crippen molar-refractivity contribution in [2.24, 2.45) is 0 Å². The number of aryl methyl sites for hydroxylation is 1. The summed E-state index contributed by atoms with van der Waals surface area (Å²) >= 11 is 12.0. The number of rotatable bonds is 5. The molecular formula is C12H17Cl2N. The van der Waals surface area contributed by atoms with E-state index >= 15 is 0 Å². The third kappa shape index (κ3) is 4.42. The first kappa shape index (κ1) is 12.8. The van der Waals surface area contributed by atoms with Gasteiger partial charge < -0.3 is 5.32 Å². The summed E-state index contributed by atoms with van der Waals surface area (Å²) in [7, 11) is 1.98. The van der Waals surface area contributed by atoms with Gasteiger partial charge in [0.1, 0.15) is 0 Å². The summed E-state index contributed by atoms with van der Waals surface area (Å²) in [4.78, 5) is 0. The van der Waals surface area contributed by atoms with Crippen molar-refractivity contribution >= 4 is 23.2 Å². The molecule has 1 aromatic carbocycles. The molecule has 0 aliphatic carbocycles. The zero-order valence-corrected chi connectivity index (χ0v) is 10.7. The van der Waals surface area contributed by atoms with Crippen LogP contribution in [0.15, 0.2) is 18.2 Å². The van der Waals surface area contributed by atoms with Crippen LogP contribution in [0.5, 0.6) is 0 Å². The normalized spacial score (nSPS) is 12.8. The zero-order valence-electron chi connectivity index (χ0n) is 9.19. The van der Waals surface area contributed by atoms with Crippen LogP contribution in [0.4, 0.5) is 0 Å². The first-order valence-corrected chi connectivity index (χ1v) is 6.00. The number of halogens is 2. The highest BCUT2D eigenvalue weighted by atomic mass is 35.5. The Labute approximate surface area is 102 Å². The number of hydrogen-bond acceptors (Lipinski definition) is 1. The predicted molar refractivity (Wildman–Crippen MR) is 67.9 cm³/mol. The Hall–Kier alpha value is -0.240. The number of benzene rings is 1. The molecule has 1 atom stereocenters. The lowest BCUT2D eigenvalue weighted by Gasteiger charge is -2.10. The lowest BCUT2D eigenvalue weighted by molar-refractivity contribution is 0.542. The second-order valence-electron chi connectivity index (χ2n) is 3.82. The van der Waals surface area contributed by atoms with Gasteiger partial charge >= 0.3 is 0 Å². The Morgan fingerprint density at radius 1 is 1.33 bits per heavy atom. The molecule has 0 aliphatic heterocycles. The molecular weight excluding hydrogens is 229 g/mol. The van der Waals surface area contributed by atoms with Gasteiger partial charge in [0.05, 0.1) is 0 Å². The molecule has 1 rings (SSSR count). The molecule has 15 heavy (non-hydrogen) atoms. The summed E-state index contributed by atoms with van der Waals surface area (Å²) in [6, 6.07) is 6.20. The molecule has 0 saturated carbocycles. The minimum atomic E-state index is 0.558. The fourth-order valence-electron chi connectivity index (χ4n) is 1.48. The van der Waals surface area contributed by atoms with Crippen molar-refractivity contribution < 1.29 is 0 Å². The third-order valence-corrected chi connectivity index (χ3v) is 3.19. The van der Waals surface area contributed by atoms with Crippen molar-refractivity contribution in [3.8, 4) is 0 Å². The Bertz CT molecular complexity index is 312. The van der Waals surface area contributed by atoms with Gasteiger partial charge in [0.15, 0.2) is 0 Å². The molecule has 0 amide bonds. The van der Waals surface area contributed by atoms with E-state index in [0.717, 1.165) is 34.9 Å². The first-order valence-electron chi connectivity index (χ1n) is 5.24. The van der Waals surface area contributed by atoms with E-state index in [2.05, 4.69) is 12.2 Å². The minimum Gasteiger partial charge on any atom is -0.317 e. The molecule has 1 unspecified atom stereocenters. The molecule has 0 heterocycles. The second-order valence-corrected chi connectivity index (χ2v) is 4.66. The van der Waals surface area contributed by atoms with Crippen LogP contribution in [0.3, 0.4) is 0 Å². The van der Waals surface area contributed by atoms with Gasteiger partial charge in [0.2, 0.25) is 0 Å². The maximum absolute atomic E-state index is 6.07. The molecule has 0 radical (unpaired) electrons. The van der Waals surface area contributed by atoms with Crippen LogP contribution in [0.2, 0.25) is 10.0 Å². The molecule has 1 aromatic rings. The molecule has 0 saturated heterocycles. The van der Waals surface area contributed by atoms with Gasteiger partial charge in [0.25, 0.3) is 0 Å². The average Bonchev–Trinajstić information content (AvgIpc) is 2.23. The van der Waals surface area contributed by atoms with E-state index in [1.807, 2.05) is 25.2 Å². The van der Waals surface area contributed by atoms with Crippen LogP contribution in [-0.2, 0) is 6.42 Å². The Morgan fingerprint density at radius 2 is 2.07 bits per heavy atom. The highest BCUT2D eigenvalue weighted by Gasteiger charge is 2.03. The van der Waals surface area contributed by atoms with Crippen LogP contribution >= 0.6 is 23.2 Å². The van der Waals surface area contributed by atoms with Crippen LogP contribution in [0.25, 0.3) is 0 Å². The molecule has 1 N–H and O–H groups in total. The molecule has 3 heteroatoms. The van der Waals surface area contributed by atoms with E-state index in [1.54, 1.807) is 0 Å². The monoisotopic (exact) mass is 245 g/mol. The van der Waals surface area contributed by atoms with Crippen molar-refractivity contribution in [1.82, 2.24) is 5.32 Å². The van der Waals surface area contributed by atoms with Crippen molar-refractivity contribution in [2.45, 2.75) is 32.2 Å². The maximum atomic E-state index is 6.07. The van der Waals surface area contributed by atoms with Gasteiger partial charge in [-0.25, -0.2) is 0 Å². The molecule has 1 nitrogen and oxygen atoms in total. The molecule has 0 spiro atoms. The fraction of sp³-hybridized carbons (Fsp3) is 0.500. The van der Waals surface area contributed by atoms with Gasteiger partial charge in [0, 0.05) is 16.1 Å². The van der Waals surface area contributed by atoms with Gasteiger partial charge in [-0.05, 0) is 57.0 Å². The Balaban J connectivity index is 2.46. The lowest BCUT2D eigenvalue weighted by atomic mass is 10.1. The van der Waals surface area contributed by atoms with E-state index in [1.165, 1.54) is 0 Å². The van der Waals surface area contributed by atoms with Crippen LogP contribution in [0.1, 0.15) is 25.3 Å². The van der Waals surface area contributed by atoms with E-state index in [4.69, 9.17) is 23.2 Å². The van der Waals surface area contributed by atoms with Crippen molar-refractivity contribution in [3.05, 3.63) is 33.8 Å². The summed E-state index contributed by atoms with van der Waals surface area (Å²) in [5.74, 6) is 0. The Morgan fingerprint density at radius 3 is 2.73 bits per heavy atom. The van der Waals surface area contributed by atoms with E-state index < -0.39 is 0 Å². The Kier molecular flexibility index (Phi) is 5.44.